The van der Waals surface area contributed by atoms with Gasteiger partial charge in [0.1, 0.15) is 9.77 Å². The molecule has 1 saturated carbocycles. The van der Waals surface area contributed by atoms with E-state index in [1.165, 1.54) is 13.2 Å². The van der Waals surface area contributed by atoms with Crippen LogP contribution in [0.1, 0.15) is 28.9 Å². The predicted molar refractivity (Wildman–Crippen MR) is 74.2 cm³/mol. The number of hydrogen-bond acceptors (Lipinski definition) is 6. The number of carbonyl (C=O) groups excluding carboxylic acids is 1. The van der Waals surface area contributed by atoms with Crippen molar-refractivity contribution in [3.05, 3.63) is 16.3 Å². The maximum atomic E-state index is 12.2. The van der Waals surface area contributed by atoms with E-state index in [1.807, 2.05) is 0 Å². The number of methoxy groups -OCH3 is 1. The largest absolute Gasteiger partial charge is 0.465 e. The number of ether oxygens (including phenoxy) is 1. The third kappa shape index (κ3) is 3.38. The number of nitrogens with one attached hydrogen (secondary N) is 1. The van der Waals surface area contributed by atoms with Crippen LogP contribution in [0.2, 0.25) is 0 Å². The minimum Gasteiger partial charge on any atom is -0.465 e. The lowest BCUT2D eigenvalue weighted by Crippen LogP contribution is -2.29. The highest BCUT2D eigenvalue weighted by Crippen LogP contribution is 2.26. The predicted octanol–water partition coefficient (Wildman–Crippen LogP) is 0.974. The number of aliphatic hydroxyl groups excluding tert-OH is 1. The van der Waals surface area contributed by atoms with E-state index in [0.29, 0.717) is 12.8 Å². The summed E-state index contributed by atoms with van der Waals surface area (Å²) in [4.78, 5) is 11.5. The molecule has 1 fully saturated rings. The Labute approximate surface area is 121 Å². The molecule has 0 saturated heterocycles. The van der Waals surface area contributed by atoms with Crippen LogP contribution < -0.4 is 4.72 Å². The van der Waals surface area contributed by atoms with Gasteiger partial charge in [0.2, 0.25) is 10.0 Å². The molecule has 20 heavy (non-hydrogen) atoms. The lowest BCUT2D eigenvalue weighted by molar-refractivity contribution is 0.0602. The van der Waals surface area contributed by atoms with Crippen LogP contribution in [0.4, 0.5) is 0 Å². The van der Waals surface area contributed by atoms with Crippen LogP contribution in [-0.4, -0.2) is 39.3 Å². The number of rotatable bonds is 5. The molecular weight excluding hydrogens is 302 g/mol. The summed E-state index contributed by atoms with van der Waals surface area (Å²) in [5.41, 5.74) is 0. The lowest BCUT2D eigenvalue weighted by atomic mass is 10.1. The fraction of sp³-hybridized carbons (Fsp3) is 0.583. The first-order valence-corrected chi connectivity index (χ1v) is 8.64. The SMILES string of the molecule is COC(=O)c1sccc1S(=O)(=O)NCC1CCC(O)C1. The highest BCUT2D eigenvalue weighted by molar-refractivity contribution is 7.89. The second-order valence-corrected chi connectivity index (χ2v) is 7.44. The molecule has 1 heterocycles. The summed E-state index contributed by atoms with van der Waals surface area (Å²) in [6, 6.07) is 1.39. The monoisotopic (exact) mass is 319 g/mol. The van der Waals surface area contributed by atoms with E-state index in [9.17, 15) is 18.3 Å². The normalized spacial score (nSPS) is 22.9. The Morgan fingerprint density at radius 3 is 2.90 bits per heavy atom. The third-order valence-corrected chi connectivity index (χ3v) is 5.85. The zero-order chi connectivity index (χ0) is 14.8. The quantitative estimate of drug-likeness (QED) is 0.789. The first-order chi connectivity index (χ1) is 9.44. The molecule has 2 atom stereocenters. The van der Waals surface area contributed by atoms with Gasteiger partial charge in [-0.3, -0.25) is 0 Å². The van der Waals surface area contributed by atoms with Gasteiger partial charge >= 0.3 is 5.97 Å². The zero-order valence-electron chi connectivity index (χ0n) is 11.0. The van der Waals surface area contributed by atoms with E-state index in [0.717, 1.165) is 17.8 Å². The number of esters is 1. The van der Waals surface area contributed by atoms with Crippen molar-refractivity contribution in [1.29, 1.82) is 0 Å². The highest BCUT2D eigenvalue weighted by atomic mass is 32.2. The van der Waals surface area contributed by atoms with E-state index >= 15 is 0 Å². The summed E-state index contributed by atoms with van der Waals surface area (Å²) in [6.07, 6.45) is 1.78. The Hall–Kier alpha value is -0.960. The van der Waals surface area contributed by atoms with Crippen molar-refractivity contribution in [3.63, 3.8) is 0 Å². The second-order valence-electron chi connectivity index (χ2n) is 4.79. The van der Waals surface area contributed by atoms with Gasteiger partial charge in [-0.05, 0) is 36.6 Å². The molecular formula is C12H17NO5S2. The molecule has 2 rings (SSSR count). The fourth-order valence-electron chi connectivity index (χ4n) is 2.29. The van der Waals surface area contributed by atoms with Crippen molar-refractivity contribution >= 4 is 27.3 Å². The first-order valence-electron chi connectivity index (χ1n) is 6.27. The summed E-state index contributed by atoms with van der Waals surface area (Å²) in [5, 5.41) is 11.0. The van der Waals surface area contributed by atoms with E-state index < -0.39 is 16.0 Å². The second kappa shape index (κ2) is 6.21. The van der Waals surface area contributed by atoms with Gasteiger partial charge in [-0.25, -0.2) is 17.9 Å². The van der Waals surface area contributed by atoms with Crippen molar-refractivity contribution in [2.24, 2.45) is 5.92 Å². The smallest absolute Gasteiger partial charge is 0.349 e. The minimum atomic E-state index is -3.73. The Morgan fingerprint density at radius 2 is 2.30 bits per heavy atom. The van der Waals surface area contributed by atoms with Crippen molar-refractivity contribution < 1.29 is 23.1 Å². The number of carbonyl (C=O) groups is 1. The van der Waals surface area contributed by atoms with Crippen molar-refractivity contribution in [3.8, 4) is 0 Å². The topological polar surface area (TPSA) is 92.7 Å². The molecule has 0 spiro atoms. The van der Waals surface area contributed by atoms with Crippen LogP contribution in [0.5, 0.6) is 0 Å². The Kier molecular flexibility index (Phi) is 4.79. The Balaban J connectivity index is 2.07. The zero-order valence-corrected chi connectivity index (χ0v) is 12.7. The fourth-order valence-corrected chi connectivity index (χ4v) is 4.74. The highest BCUT2D eigenvalue weighted by Gasteiger charge is 2.27. The summed E-state index contributed by atoms with van der Waals surface area (Å²) in [6.45, 7) is 0.274. The molecule has 0 radical (unpaired) electrons. The summed E-state index contributed by atoms with van der Waals surface area (Å²) in [7, 11) is -2.52. The average Bonchev–Trinajstić information content (AvgIpc) is 3.04. The molecule has 1 aliphatic carbocycles. The minimum absolute atomic E-state index is 0.0482. The molecule has 1 aromatic rings. The van der Waals surface area contributed by atoms with Crippen molar-refractivity contribution in [2.45, 2.75) is 30.3 Å². The maximum absolute atomic E-state index is 12.2. The first kappa shape index (κ1) is 15.4. The van der Waals surface area contributed by atoms with Crippen LogP contribution in [-0.2, 0) is 14.8 Å². The van der Waals surface area contributed by atoms with Crippen molar-refractivity contribution in [2.75, 3.05) is 13.7 Å². The van der Waals surface area contributed by atoms with Gasteiger partial charge in [0, 0.05) is 6.54 Å². The number of sulfonamides is 1. The van der Waals surface area contributed by atoms with Crippen LogP contribution in [0.3, 0.4) is 0 Å². The van der Waals surface area contributed by atoms with Crippen LogP contribution in [0, 0.1) is 5.92 Å². The van der Waals surface area contributed by atoms with Gasteiger partial charge < -0.3 is 9.84 Å². The molecule has 2 N–H and O–H groups in total. The summed E-state index contributed by atoms with van der Waals surface area (Å²) < 4.78 is 31.5. The molecule has 0 amide bonds. The van der Waals surface area contributed by atoms with Gasteiger partial charge in [0.15, 0.2) is 0 Å². The molecule has 8 heteroatoms. The molecule has 0 aliphatic heterocycles. The lowest BCUT2D eigenvalue weighted by Gasteiger charge is -2.11. The van der Waals surface area contributed by atoms with Crippen LogP contribution in [0.25, 0.3) is 0 Å². The summed E-state index contributed by atoms with van der Waals surface area (Å²) in [5.74, 6) is -0.517. The van der Waals surface area contributed by atoms with Gasteiger partial charge in [0.25, 0.3) is 0 Å². The Bertz CT molecular complexity index is 580. The molecule has 1 aromatic heterocycles. The number of thiophene rings is 1. The number of hydrogen-bond donors (Lipinski definition) is 2. The molecule has 112 valence electrons. The van der Waals surface area contributed by atoms with E-state index in [-0.39, 0.29) is 28.3 Å². The standard InChI is InChI=1S/C12H17NO5S2/c1-18-12(15)11-10(4-5-19-11)20(16,17)13-7-8-2-3-9(14)6-8/h4-5,8-9,13-14H,2-3,6-7H2,1H3. The third-order valence-electron chi connectivity index (χ3n) is 3.36. The van der Waals surface area contributed by atoms with Gasteiger partial charge in [-0.1, -0.05) is 0 Å². The van der Waals surface area contributed by atoms with Gasteiger partial charge in [-0.15, -0.1) is 11.3 Å². The summed E-state index contributed by atoms with van der Waals surface area (Å²) >= 11 is 1.03. The van der Waals surface area contributed by atoms with E-state index in [2.05, 4.69) is 9.46 Å². The van der Waals surface area contributed by atoms with Crippen molar-refractivity contribution in [1.82, 2.24) is 4.72 Å². The maximum Gasteiger partial charge on any atom is 0.349 e. The van der Waals surface area contributed by atoms with Gasteiger partial charge in [0.05, 0.1) is 13.2 Å². The average molecular weight is 319 g/mol. The molecule has 0 bridgehead atoms. The molecule has 2 unspecified atom stereocenters. The van der Waals surface area contributed by atoms with E-state index in [1.54, 1.807) is 5.38 Å². The number of aliphatic hydroxyl groups is 1. The van der Waals surface area contributed by atoms with E-state index in [4.69, 9.17) is 0 Å². The Morgan fingerprint density at radius 1 is 1.55 bits per heavy atom. The molecule has 6 nitrogen and oxygen atoms in total. The van der Waals surface area contributed by atoms with Crippen LogP contribution in [0.15, 0.2) is 16.3 Å². The molecule has 0 aromatic carbocycles. The van der Waals surface area contributed by atoms with Crippen LogP contribution >= 0.6 is 11.3 Å². The van der Waals surface area contributed by atoms with Gasteiger partial charge in [-0.2, -0.15) is 0 Å². The molecule has 1 aliphatic rings.